The molecule has 0 bridgehead atoms. The maximum atomic E-state index is 5.72. The molecule has 0 aliphatic carbocycles. The third-order valence-corrected chi connectivity index (χ3v) is 2.59. The summed E-state index contributed by atoms with van der Waals surface area (Å²) in [7, 11) is 0. The quantitative estimate of drug-likeness (QED) is 0.531. The van der Waals surface area contributed by atoms with Crippen LogP contribution in [0.15, 0.2) is 6.20 Å². The summed E-state index contributed by atoms with van der Waals surface area (Å²) in [6.07, 6.45) is 3.92. The van der Waals surface area contributed by atoms with Gasteiger partial charge in [0.15, 0.2) is 0 Å². The van der Waals surface area contributed by atoms with E-state index in [1.807, 2.05) is 6.92 Å². The standard InChI is InChI=1S/C12H19ClN2O2/c1-3-4-5-16-6-7-17-12-14-9-11(8-13)10(2)15-12/h9H,3-8H2,1-2H3. The van der Waals surface area contributed by atoms with E-state index in [4.69, 9.17) is 21.1 Å². The third kappa shape index (κ3) is 5.33. The van der Waals surface area contributed by atoms with Gasteiger partial charge in [-0.15, -0.1) is 11.6 Å². The Morgan fingerprint density at radius 3 is 2.76 bits per heavy atom. The van der Waals surface area contributed by atoms with Gasteiger partial charge in [0, 0.05) is 24.1 Å². The third-order valence-electron chi connectivity index (χ3n) is 2.30. The van der Waals surface area contributed by atoms with Crippen LogP contribution < -0.4 is 4.74 Å². The van der Waals surface area contributed by atoms with Gasteiger partial charge in [0.05, 0.1) is 12.5 Å². The van der Waals surface area contributed by atoms with Gasteiger partial charge >= 0.3 is 6.01 Å². The van der Waals surface area contributed by atoms with Crippen LogP contribution in [0.3, 0.4) is 0 Å². The Balaban J connectivity index is 2.25. The molecule has 0 radical (unpaired) electrons. The largest absolute Gasteiger partial charge is 0.461 e. The SMILES string of the molecule is CCCCOCCOc1ncc(CCl)c(C)n1. The van der Waals surface area contributed by atoms with Crippen LogP contribution in [-0.4, -0.2) is 29.8 Å². The van der Waals surface area contributed by atoms with Crippen LogP contribution >= 0.6 is 11.6 Å². The molecule has 1 aromatic rings. The van der Waals surface area contributed by atoms with Crippen LogP contribution in [0.4, 0.5) is 0 Å². The normalized spacial score (nSPS) is 10.5. The number of nitrogens with zero attached hydrogens (tertiary/aromatic N) is 2. The highest BCUT2D eigenvalue weighted by molar-refractivity contribution is 6.17. The second-order valence-electron chi connectivity index (χ2n) is 3.71. The molecule has 0 saturated carbocycles. The number of unbranched alkanes of at least 4 members (excludes halogenated alkanes) is 1. The second kappa shape index (κ2) is 8.25. The minimum Gasteiger partial charge on any atom is -0.461 e. The lowest BCUT2D eigenvalue weighted by Gasteiger charge is -2.07. The Morgan fingerprint density at radius 2 is 2.12 bits per heavy atom. The molecule has 0 unspecified atom stereocenters. The van der Waals surface area contributed by atoms with Crippen LogP contribution in [0, 0.1) is 6.92 Å². The number of ether oxygens (including phenoxy) is 2. The molecule has 0 aromatic carbocycles. The molecule has 0 saturated heterocycles. The van der Waals surface area contributed by atoms with E-state index in [1.165, 1.54) is 0 Å². The maximum Gasteiger partial charge on any atom is 0.316 e. The Bertz CT molecular complexity index is 334. The highest BCUT2D eigenvalue weighted by Crippen LogP contribution is 2.10. The van der Waals surface area contributed by atoms with E-state index in [-0.39, 0.29) is 0 Å². The lowest BCUT2D eigenvalue weighted by molar-refractivity contribution is 0.0947. The summed E-state index contributed by atoms with van der Waals surface area (Å²) < 4.78 is 10.7. The summed E-state index contributed by atoms with van der Waals surface area (Å²) in [6.45, 7) is 5.85. The van der Waals surface area contributed by atoms with E-state index in [9.17, 15) is 0 Å². The number of halogens is 1. The Labute approximate surface area is 107 Å². The van der Waals surface area contributed by atoms with Crippen molar-refractivity contribution in [2.75, 3.05) is 19.8 Å². The van der Waals surface area contributed by atoms with Gasteiger partial charge in [0.1, 0.15) is 6.61 Å². The number of alkyl halides is 1. The van der Waals surface area contributed by atoms with Crippen molar-refractivity contribution in [1.82, 2.24) is 9.97 Å². The van der Waals surface area contributed by atoms with Gasteiger partial charge in [0.25, 0.3) is 0 Å². The van der Waals surface area contributed by atoms with Gasteiger partial charge in [-0.3, -0.25) is 0 Å². The molecule has 1 rings (SSSR count). The predicted molar refractivity (Wildman–Crippen MR) is 67.5 cm³/mol. The minimum atomic E-state index is 0.385. The summed E-state index contributed by atoms with van der Waals surface area (Å²) in [4.78, 5) is 8.28. The lowest BCUT2D eigenvalue weighted by atomic mass is 10.3. The van der Waals surface area contributed by atoms with Gasteiger partial charge in [-0.1, -0.05) is 13.3 Å². The highest BCUT2D eigenvalue weighted by atomic mass is 35.5. The van der Waals surface area contributed by atoms with Crippen molar-refractivity contribution in [3.63, 3.8) is 0 Å². The molecule has 17 heavy (non-hydrogen) atoms. The molecule has 4 nitrogen and oxygen atoms in total. The first-order valence-electron chi connectivity index (χ1n) is 5.87. The fraction of sp³-hybridized carbons (Fsp3) is 0.667. The number of aryl methyl sites for hydroxylation is 1. The van der Waals surface area contributed by atoms with Crippen LogP contribution in [0.5, 0.6) is 6.01 Å². The van der Waals surface area contributed by atoms with Crippen LogP contribution in [0.25, 0.3) is 0 Å². The molecular weight excluding hydrogens is 240 g/mol. The van der Waals surface area contributed by atoms with Crippen LogP contribution in [-0.2, 0) is 10.6 Å². The Morgan fingerprint density at radius 1 is 1.29 bits per heavy atom. The summed E-state index contributed by atoms with van der Waals surface area (Å²) in [5.41, 5.74) is 1.79. The first-order valence-corrected chi connectivity index (χ1v) is 6.40. The second-order valence-corrected chi connectivity index (χ2v) is 3.98. The van der Waals surface area contributed by atoms with Gasteiger partial charge < -0.3 is 9.47 Å². The number of rotatable bonds is 8. The molecule has 0 atom stereocenters. The summed E-state index contributed by atoms with van der Waals surface area (Å²) in [5.74, 6) is 0.423. The molecule has 0 spiro atoms. The Hall–Kier alpha value is -0.870. The highest BCUT2D eigenvalue weighted by Gasteiger charge is 2.02. The molecule has 5 heteroatoms. The zero-order valence-corrected chi connectivity index (χ0v) is 11.2. The molecule has 0 aliphatic heterocycles. The van der Waals surface area contributed by atoms with E-state index in [2.05, 4.69) is 16.9 Å². The molecule has 1 aromatic heterocycles. The van der Waals surface area contributed by atoms with E-state index < -0.39 is 0 Å². The van der Waals surface area contributed by atoms with Gasteiger partial charge in [-0.25, -0.2) is 9.97 Å². The van der Waals surface area contributed by atoms with E-state index >= 15 is 0 Å². The van der Waals surface area contributed by atoms with Crippen molar-refractivity contribution >= 4 is 11.6 Å². The van der Waals surface area contributed by atoms with Gasteiger partial charge in [0.2, 0.25) is 0 Å². The topological polar surface area (TPSA) is 44.2 Å². The van der Waals surface area contributed by atoms with E-state index in [1.54, 1.807) is 6.20 Å². The first-order chi connectivity index (χ1) is 8.27. The smallest absolute Gasteiger partial charge is 0.316 e. The first kappa shape index (κ1) is 14.2. The zero-order valence-electron chi connectivity index (χ0n) is 10.4. The molecule has 0 N–H and O–H groups in total. The van der Waals surface area contributed by atoms with E-state index in [0.29, 0.717) is 25.1 Å². The summed E-state index contributed by atoms with van der Waals surface area (Å²) in [5, 5.41) is 0. The van der Waals surface area contributed by atoms with Crippen LogP contribution in [0.1, 0.15) is 31.0 Å². The molecule has 96 valence electrons. The number of hydrogen-bond acceptors (Lipinski definition) is 4. The minimum absolute atomic E-state index is 0.385. The molecule has 0 aliphatic rings. The van der Waals surface area contributed by atoms with Gasteiger partial charge in [-0.05, 0) is 13.3 Å². The number of aromatic nitrogens is 2. The Kier molecular flexibility index (Phi) is 6.89. The summed E-state index contributed by atoms with van der Waals surface area (Å²) in [6, 6.07) is 0.385. The van der Waals surface area contributed by atoms with Crippen LogP contribution in [0.2, 0.25) is 0 Å². The lowest BCUT2D eigenvalue weighted by Crippen LogP contribution is -2.09. The van der Waals surface area contributed by atoms with E-state index in [0.717, 1.165) is 30.7 Å². The van der Waals surface area contributed by atoms with Crippen molar-refractivity contribution < 1.29 is 9.47 Å². The van der Waals surface area contributed by atoms with Crippen molar-refractivity contribution in [3.8, 4) is 6.01 Å². The van der Waals surface area contributed by atoms with Gasteiger partial charge in [-0.2, -0.15) is 0 Å². The number of hydrogen-bond donors (Lipinski definition) is 0. The average molecular weight is 259 g/mol. The fourth-order valence-corrected chi connectivity index (χ4v) is 1.47. The van der Waals surface area contributed by atoms with Crippen molar-refractivity contribution in [3.05, 3.63) is 17.5 Å². The monoisotopic (exact) mass is 258 g/mol. The van der Waals surface area contributed by atoms with Crippen molar-refractivity contribution in [1.29, 1.82) is 0 Å². The molecule has 1 heterocycles. The molecular formula is C12H19ClN2O2. The van der Waals surface area contributed by atoms with Crippen molar-refractivity contribution in [2.45, 2.75) is 32.6 Å². The maximum absolute atomic E-state index is 5.72. The average Bonchev–Trinajstić information content (AvgIpc) is 2.34. The zero-order chi connectivity index (χ0) is 12.5. The predicted octanol–water partition coefficient (Wildman–Crippen LogP) is 2.72. The van der Waals surface area contributed by atoms with Crippen molar-refractivity contribution in [2.24, 2.45) is 0 Å². The molecule has 0 amide bonds. The molecule has 0 fully saturated rings. The summed E-state index contributed by atoms with van der Waals surface area (Å²) >= 11 is 5.72. The fourth-order valence-electron chi connectivity index (χ4n) is 1.21.